The molecule has 1 aromatic carbocycles. The highest BCUT2D eigenvalue weighted by Gasteiger charge is 2.11. The van der Waals surface area contributed by atoms with Gasteiger partial charge in [-0.1, -0.05) is 12.1 Å². The number of methoxy groups -OCH3 is 1. The second kappa shape index (κ2) is 7.17. The molecule has 0 radical (unpaired) electrons. The first-order valence-electron chi connectivity index (χ1n) is 5.68. The molecule has 0 aromatic heterocycles. The van der Waals surface area contributed by atoms with Gasteiger partial charge in [-0.05, 0) is 24.6 Å². The van der Waals surface area contributed by atoms with E-state index in [-0.39, 0.29) is 5.91 Å². The third-order valence-corrected chi connectivity index (χ3v) is 2.77. The van der Waals surface area contributed by atoms with E-state index in [4.69, 9.17) is 16.3 Å². The molecule has 4 heteroatoms. The smallest absolute Gasteiger partial charge is 0.227 e. The number of alkyl halides is 1. The van der Waals surface area contributed by atoms with E-state index in [1.54, 1.807) is 12.0 Å². The van der Waals surface area contributed by atoms with Gasteiger partial charge in [-0.15, -0.1) is 11.6 Å². The number of halogens is 1. The van der Waals surface area contributed by atoms with Crippen LogP contribution in [-0.4, -0.2) is 36.9 Å². The first kappa shape index (κ1) is 13.8. The largest absolute Gasteiger partial charge is 0.497 e. The lowest BCUT2D eigenvalue weighted by atomic mass is 10.1. The summed E-state index contributed by atoms with van der Waals surface area (Å²) in [5, 5.41) is 0. The highest BCUT2D eigenvalue weighted by molar-refractivity contribution is 6.18. The third-order valence-electron chi connectivity index (χ3n) is 2.60. The Kier molecular flexibility index (Phi) is 5.84. The van der Waals surface area contributed by atoms with Crippen molar-refractivity contribution in [2.45, 2.75) is 13.3 Å². The zero-order valence-corrected chi connectivity index (χ0v) is 11.0. The van der Waals surface area contributed by atoms with Crippen molar-refractivity contribution in [3.8, 4) is 5.75 Å². The summed E-state index contributed by atoms with van der Waals surface area (Å²) in [4.78, 5) is 13.7. The van der Waals surface area contributed by atoms with Crippen LogP contribution >= 0.6 is 11.6 Å². The van der Waals surface area contributed by atoms with E-state index >= 15 is 0 Å². The maximum Gasteiger partial charge on any atom is 0.227 e. The van der Waals surface area contributed by atoms with Crippen molar-refractivity contribution >= 4 is 17.5 Å². The third kappa shape index (κ3) is 4.27. The summed E-state index contributed by atoms with van der Waals surface area (Å²) in [5.41, 5.74) is 0.990. The van der Waals surface area contributed by atoms with E-state index < -0.39 is 0 Å². The van der Waals surface area contributed by atoms with Gasteiger partial charge in [0.2, 0.25) is 5.91 Å². The second-order valence-electron chi connectivity index (χ2n) is 3.69. The number of nitrogens with zero attached hydrogens (tertiary/aromatic N) is 1. The van der Waals surface area contributed by atoms with Gasteiger partial charge in [0.25, 0.3) is 0 Å². The molecule has 0 aliphatic carbocycles. The Morgan fingerprint density at radius 1 is 1.35 bits per heavy atom. The molecular weight excluding hydrogens is 238 g/mol. The second-order valence-corrected chi connectivity index (χ2v) is 4.07. The van der Waals surface area contributed by atoms with Crippen molar-refractivity contribution in [3.63, 3.8) is 0 Å². The number of rotatable bonds is 6. The molecule has 3 nitrogen and oxygen atoms in total. The van der Waals surface area contributed by atoms with Gasteiger partial charge in [0, 0.05) is 19.0 Å². The lowest BCUT2D eigenvalue weighted by Gasteiger charge is -2.19. The molecule has 0 saturated heterocycles. The highest BCUT2D eigenvalue weighted by atomic mass is 35.5. The quantitative estimate of drug-likeness (QED) is 0.730. The molecule has 0 aliphatic heterocycles. The van der Waals surface area contributed by atoms with Crippen LogP contribution in [0.1, 0.15) is 12.5 Å². The van der Waals surface area contributed by atoms with Crippen LogP contribution in [0.4, 0.5) is 0 Å². The van der Waals surface area contributed by atoms with Gasteiger partial charge in [-0.3, -0.25) is 4.79 Å². The van der Waals surface area contributed by atoms with Crippen LogP contribution in [0.15, 0.2) is 24.3 Å². The van der Waals surface area contributed by atoms with Crippen LogP contribution < -0.4 is 4.74 Å². The standard InChI is InChI=1S/C13H18ClNO2/c1-3-15(9-8-14)13(16)10-11-4-6-12(17-2)7-5-11/h4-7H,3,8-10H2,1-2H3. The molecule has 0 aliphatic rings. The van der Waals surface area contributed by atoms with E-state index in [1.807, 2.05) is 31.2 Å². The van der Waals surface area contributed by atoms with E-state index in [0.717, 1.165) is 11.3 Å². The number of likely N-dealkylation sites (N-methyl/N-ethyl adjacent to an activating group) is 1. The molecule has 1 amide bonds. The van der Waals surface area contributed by atoms with Crippen molar-refractivity contribution in [2.75, 3.05) is 26.1 Å². The maximum absolute atomic E-state index is 11.9. The topological polar surface area (TPSA) is 29.5 Å². The monoisotopic (exact) mass is 255 g/mol. The predicted octanol–water partition coefficient (Wildman–Crippen LogP) is 2.33. The molecule has 1 rings (SSSR count). The van der Waals surface area contributed by atoms with Gasteiger partial charge in [0.1, 0.15) is 5.75 Å². The molecule has 0 N–H and O–H groups in total. The lowest BCUT2D eigenvalue weighted by Crippen LogP contribution is -2.33. The predicted molar refractivity (Wildman–Crippen MR) is 69.7 cm³/mol. The Hall–Kier alpha value is -1.22. The van der Waals surface area contributed by atoms with Crippen LogP contribution in [0, 0.1) is 0 Å². The van der Waals surface area contributed by atoms with Gasteiger partial charge < -0.3 is 9.64 Å². The van der Waals surface area contributed by atoms with Crippen molar-refractivity contribution in [3.05, 3.63) is 29.8 Å². The number of benzene rings is 1. The van der Waals surface area contributed by atoms with Crippen molar-refractivity contribution < 1.29 is 9.53 Å². The average Bonchev–Trinajstić information content (AvgIpc) is 2.36. The first-order valence-corrected chi connectivity index (χ1v) is 6.21. The Morgan fingerprint density at radius 2 is 2.00 bits per heavy atom. The molecule has 1 aromatic rings. The van der Waals surface area contributed by atoms with E-state index in [2.05, 4.69) is 0 Å². The van der Waals surface area contributed by atoms with Crippen molar-refractivity contribution in [2.24, 2.45) is 0 Å². The maximum atomic E-state index is 11.9. The summed E-state index contributed by atoms with van der Waals surface area (Å²) in [6, 6.07) is 7.54. The fraction of sp³-hybridized carbons (Fsp3) is 0.462. The van der Waals surface area contributed by atoms with Crippen LogP contribution in [0.5, 0.6) is 5.75 Å². The van der Waals surface area contributed by atoms with Crippen LogP contribution in [-0.2, 0) is 11.2 Å². The summed E-state index contributed by atoms with van der Waals surface area (Å²) in [5.74, 6) is 1.38. The van der Waals surface area contributed by atoms with E-state index in [1.165, 1.54) is 0 Å². The summed E-state index contributed by atoms with van der Waals surface area (Å²) < 4.78 is 5.07. The van der Waals surface area contributed by atoms with Gasteiger partial charge in [-0.2, -0.15) is 0 Å². The minimum absolute atomic E-state index is 0.110. The van der Waals surface area contributed by atoms with Gasteiger partial charge in [0.15, 0.2) is 0 Å². The molecule has 0 fully saturated rings. The summed E-state index contributed by atoms with van der Waals surface area (Å²) in [6.45, 7) is 3.26. The lowest BCUT2D eigenvalue weighted by molar-refractivity contribution is -0.130. The molecule has 0 spiro atoms. The van der Waals surface area contributed by atoms with Crippen LogP contribution in [0.25, 0.3) is 0 Å². The first-order chi connectivity index (χ1) is 8.21. The number of carbonyl (C=O) groups excluding carboxylic acids is 1. The highest BCUT2D eigenvalue weighted by Crippen LogP contribution is 2.12. The SMILES string of the molecule is CCN(CCCl)C(=O)Cc1ccc(OC)cc1. The summed E-state index contributed by atoms with van der Waals surface area (Å²) in [7, 11) is 1.62. The minimum atomic E-state index is 0.110. The Labute approximate surface area is 107 Å². The molecule has 0 heterocycles. The number of ether oxygens (including phenoxy) is 1. The zero-order valence-electron chi connectivity index (χ0n) is 10.3. The Balaban J connectivity index is 2.59. The Morgan fingerprint density at radius 3 is 2.47 bits per heavy atom. The minimum Gasteiger partial charge on any atom is -0.497 e. The number of hydrogen-bond acceptors (Lipinski definition) is 2. The number of amides is 1. The molecule has 0 unspecified atom stereocenters. The van der Waals surface area contributed by atoms with Gasteiger partial charge in [0.05, 0.1) is 13.5 Å². The molecule has 0 saturated carbocycles. The van der Waals surface area contributed by atoms with E-state index in [9.17, 15) is 4.79 Å². The summed E-state index contributed by atoms with van der Waals surface area (Å²) in [6.07, 6.45) is 0.411. The number of carbonyl (C=O) groups is 1. The van der Waals surface area contributed by atoms with Crippen molar-refractivity contribution in [1.29, 1.82) is 0 Å². The molecule has 0 atom stereocenters. The molecule has 94 valence electrons. The van der Waals surface area contributed by atoms with Gasteiger partial charge >= 0.3 is 0 Å². The summed E-state index contributed by atoms with van der Waals surface area (Å²) >= 11 is 5.65. The van der Waals surface area contributed by atoms with Gasteiger partial charge in [-0.25, -0.2) is 0 Å². The Bertz CT molecular complexity index is 351. The normalized spacial score (nSPS) is 10.1. The zero-order chi connectivity index (χ0) is 12.7. The fourth-order valence-corrected chi connectivity index (χ4v) is 1.80. The average molecular weight is 256 g/mol. The fourth-order valence-electron chi connectivity index (χ4n) is 1.59. The van der Waals surface area contributed by atoms with Crippen molar-refractivity contribution in [1.82, 2.24) is 4.90 Å². The van der Waals surface area contributed by atoms with Crippen LogP contribution in [0.3, 0.4) is 0 Å². The van der Waals surface area contributed by atoms with Crippen LogP contribution in [0.2, 0.25) is 0 Å². The van der Waals surface area contributed by atoms with E-state index in [0.29, 0.717) is 25.4 Å². The molecule has 17 heavy (non-hydrogen) atoms. The molecular formula is C13H18ClNO2. The number of hydrogen-bond donors (Lipinski definition) is 0. The molecule has 0 bridgehead atoms.